The average Bonchev–Trinajstić information content (AvgIpc) is 2.77. The number of ether oxygens (including phenoxy) is 1. The fraction of sp³-hybridized carbons (Fsp3) is 0.261. The number of carboxylic acids is 1. The molecule has 3 aromatic rings. The molecule has 0 spiro atoms. The molecule has 0 aliphatic heterocycles. The highest BCUT2D eigenvalue weighted by atomic mass is 16.5. The maximum Gasteiger partial charge on any atom is 0.335 e. The van der Waals surface area contributed by atoms with Gasteiger partial charge in [0.15, 0.2) is 0 Å². The fourth-order valence-electron chi connectivity index (χ4n) is 3.07. The Bertz CT molecular complexity index is 871. The third-order valence-electron chi connectivity index (χ3n) is 4.63. The zero-order valence-electron chi connectivity index (χ0n) is 16.2. The number of nitrogens with zero attached hydrogens (tertiary/aromatic N) is 2. The van der Waals surface area contributed by atoms with E-state index in [-0.39, 0.29) is 11.6 Å². The average molecular weight is 391 g/mol. The first-order valence-electron chi connectivity index (χ1n) is 9.71. The number of aryl methyl sites for hydroxylation is 1. The van der Waals surface area contributed by atoms with Gasteiger partial charge in [0, 0.05) is 30.8 Å². The van der Waals surface area contributed by atoms with Gasteiger partial charge in [-0.1, -0.05) is 6.07 Å². The molecule has 0 amide bonds. The van der Waals surface area contributed by atoms with E-state index in [1.165, 1.54) is 11.1 Å². The molecule has 0 aliphatic carbocycles. The molecule has 6 nitrogen and oxygen atoms in total. The van der Waals surface area contributed by atoms with Crippen LogP contribution in [0.2, 0.25) is 0 Å². The lowest BCUT2D eigenvalue weighted by molar-refractivity contribution is 0.0697. The van der Waals surface area contributed by atoms with E-state index >= 15 is 0 Å². The van der Waals surface area contributed by atoms with Crippen LogP contribution in [0.25, 0.3) is 0 Å². The van der Waals surface area contributed by atoms with E-state index in [1.54, 1.807) is 30.5 Å². The largest absolute Gasteiger partial charge is 0.494 e. The van der Waals surface area contributed by atoms with Crippen LogP contribution in [-0.4, -0.2) is 34.2 Å². The summed E-state index contributed by atoms with van der Waals surface area (Å²) in [5, 5.41) is 12.5. The Balaban J connectivity index is 1.46. The third kappa shape index (κ3) is 6.69. The molecule has 0 aliphatic rings. The van der Waals surface area contributed by atoms with Crippen molar-refractivity contribution in [1.82, 2.24) is 15.3 Å². The summed E-state index contributed by atoms with van der Waals surface area (Å²) in [6.07, 6.45) is 10.1. The minimum Gasteiger partial charge on any atom is -0.494 e. The monoisotopic (exact) mass is 391 g/mol. The van der Waals surface area contributed by atoms with Gasteiger partial charge in [-0.3, -0.25) is 9.97 Å². The second-order valence-electron chi connectivity index (χ2n) is 6.72. The number of hydrogen-bond donors (Lipinski definition) is 2. The standard InChI is InChI=1S/C23H25N3O3/c27-23(28)20-5-7-21(8-6-20)29-16-2-13-26-22(19-10-14-24-15-11-19)9-4-18-3-1-12-25-17-18/h1,3,5-8,10-12,14-15,17,22,26H,2,4,9,13,16H2,(H,27,28). The van der Waals surface area contributed by atoms with Crippen LogP contribution in [0.15, 0.2) is 73.3 Å². The maximum atomic E-state index is 10.9. The Kier molecular flexibility index (Phi) is 7.72. The molecule has 6 heteroatoms. The van der Waals surface area contributed by atoms with E-state index in [1.807, 2.05) is 36.8 Å². The smallest absolute Gasteiger partial charge is 0.335 e. The molecule has 0 fully saturated rings. The maximum absolute atomic E-state index is 10.9. The lowest BCUT2D eigenvalue weighted by Gasteiger charge is -2.19. The van der Waals surface area contributed by atoms with Crippen LogP contribution < -0.4 is 10.1 Å². The molecule has 0 radical (unpaired) electrons. The summed E-state index contributed by atoms with van der Waals surface area (Å²) in [7, 11) is 0. The van der Waals surface area contributed by atoms with Crippen molar-refractivity contribution in [2.45, 2.75) is 25.3 Å². The summed E-state index contributed by atoms with van der Waals surface area (Å²) in [5.74, 6) is -0.258. The summed E-state index contributed by atoms with van der Waals surface area (Å²) in [4.78, 5) is 19.2. The molecule has 150 valence electrons. The number of carboxylic acid groups (broad SMARTS) is 1. The van der Waals surface area contributed by atoms with Crippen LogP contribution >= 0.6 is 0 Å². The van der Waals surface area contributed by atoms with Gasteiger partial charge >= 0.3 is 5.97 Å². The van der Waals surface area contributed by atoms with Crippen molar-refractivity contribution in [3.63, 3.8) is 0 Å². The lowest BCUT2D eigenvalue weighted by atomic mass is 10.0. The Morgan fingerprint density at radius 2 is 1.83 bits per heavy atom. The van der Waals surface area contributed by atoms with Crippen molar-refractivity contribution in [2.24, 2.45) is 0 Å². The third-order valence-corrected chi connectivity index (χ3v) is 4.63. The van der Waals surface area contributed by atoms with E-state index in [9.17, 15) is 4.79 Å². The van der Waals surface area contributed by atoms with Crippen molar-refractivity contribution in [1.29, 1.82) is 0 Å². The van der Waals surface area contributed by atoms with Crippen LogP contribution in [0.4, 0.5) is 0 Å². The minimum atomic E-state index is -0.936. The summed E-state index contributed by atoms with van der Waals surface area (Å²) >= 11 is 0. The first kappa shape index (κ1) is 20.5. The number of aromatic nitrogens is 2. The second-order valence-corrected chi connectivity index (χ2v) is 6.72. The van der Waals surface area contributed by atoms with Crippen LogP contribution in [0.3, 0.4) is 0 Å². The van der Waals surface area contributed by atoms with Crippen molar-refractivity contribution in [3.8, 4) is 5.75 Å². The van der Waals surface area contributed by atoms with Gasteiger partial charge < -0.3 is 15.2 Å². The molecule has 2 heterocycles. The molecule has 1 atom stereocenters. The van der Waals surface area contributed by atoms with Crippen LogP contribution in [-0.2, 0) is 6.42 Å². The van der Waals surface area contributed by atoms with Gasteiger partial charge in [0.05, 0.1) is 12.2 Å². The number of nitrogens with one attached hydrogen (secondary N) is 1. The molecule has 1 unspecified atom stereocenters. The SMILES string of the molecule is O=C(O)c1ccc(OCCCNC(CCc2cccnc2)c2ccncc2)cc1. The fourth-order valence-corrected chi connectivity index (χ4v) is 3.07. The predicted octanol–water partition coefficient (Wildman–Crippen LogP) is 3.91. The first-order valence-corrected chi connectivity index (χ1v) is 9.71. The predicted molar refractivity (Wildman–Crippen MR) is 111 cm³/mol. The molecule has 3 rings (SSSR count). The molecule has 1 aromatic carbocycles. The summed E-state index contributed by atoms with van der Waals surface area (Å²) in [6.45, 7) is 1.37. The van der Waals surface area contributed by atoms with Crippen LogP contribution in [0.5, 0.6) is 5.75 Å². The number of hydrogen-bond acceptors (Lipinski definition) is 5. The summed E-state index contributed by atoms with van der Waals surface area (Å²) in [5.41, 5.74) is 2.70. The Morgan fingerprint density at radius 3 is 2.52 bits per heavy atom. The van der Waals surface area contributed by atoms with Gasteiger partial charge in [-0.25, -0.2) is 4.79 Å². The van der Waals surface area contributed by atoms with Gasteiger partial charge in [-0.05, 0) is 79.4 Å². The number of aromatic carboxylic acids is 1. The van der Waals surface area contributed by atoms with Gasteiger partial charge in [0.25, 0.3) is 0 Å². The molecule has 0 saturated heterocycles. The number of benzene rings is 1. The van der Waals surface area contributed by atoms with Crippen molar-refractivity contribution in [3.05, 3.63) is 90.0 Å². The summed E-state index contributed by atoms with van der Waals surface area (Å²) in [6, 6.07) is 14.8. The van der Waals surface area contributed by atoms with E-state index in [0.29, 0.717) is 12.4 Å². The minimum absolute atomic E-state index is 0.230. The topological polar surface area (TPSA) is 84.3 Å². The van der Waals surface area contributed by atoms with Crippen molar-refractivity contribution < 1.29 is 14.6 Å². The van der Waals surface area contributed by atoms with E-state index in [2.05, 4.69) is 21.4 Å². The Morgan fingerprint density at radius 1 is 1.03 bits per heavy atom. The number of pyridine rings is 2. The van der Waals surface area contributed by atoms with Crippen molar-refractivity contribution in [2.75, 3.05) is 13.2 Å². The van der Waals surface area contributed by atoms with Crippen LogP contribution in [0.1, 0.15) is 40.4 Å². The van der Waals surface area contributed by atoms with Crippen LogP contribution in [0, 0.1) is 0 Å². The molecule has 2 aromatic heterocycles. The molecular weight excluding hydrogens is 366 g/mol. The molecule has 29 heavy (non-hydrogen) atoms. The van der Waals surface area contributed by atoms with Gasteiger partial charge in [-0.2, -0.15) is 0 Å². The summed E-state index contributed by atoms with van der Waals surface area (Å²) < 4.78 is 5.71. The lowest BCUT2D eigenvalue weighted by Crippen LogP contribution is -2.24. The Labute approximate surface area is 170 Å². The van der Waals surface area contributed by atoms with E-state index in [4.69, 9.17) is 9.84 Å². The highest BCUT2D eigenvalue weighted by Crippen LogP contribution is 2.19. The second kappa shape index (κ2) is 10.9. The first-order chi connectivity index (χ1) is 14.2. The molecule has 2 N–H and O–H groups in total. The van der Waals surface area contributed by atoms with Gasteiger partial charge in [-0.15, -0.1) is 0 Å². The van der Waals surface area contributed by atoms with Crippen molar-refractivity contribution >= 4 is 5.97 Å². The van der Waals surface area contributed by atoms with E-state index < -0.39 is 5.97 Å². The van der Waals surface area contributed by atoms with E-state index in [0.717, 1.165) is 25.8 Å². The molecule has 0 saturated carbocycles. The number of rotatable bonds is 11. The molecular formula is C23H25N3O3. The van der Waals surface area contributed by atoms with Gasteiger partial charge in [0.2, 0.25) is 0 Å². The van der Waals surface area contributed by atoms with Gasteiger partial charge in [0.1, 0.15) is 5.75 Å². The normalized spacial score (nSPS) is 11.7. The number of carbonyl (C=O) groups is 1. The highest BCUT2D eigenvalue weighted by Gasteiger charge is 2.11. The zero-order valence-corrected chi connectivity index (χ0v) is 16.2. The zero-order chi connectivity index (χ0) is 20.3. The quantitative estimate of drug-likeness (QED) is 0.482. The highest BCUT2D eigenvalue weighted by molar-refractivity contribution is 5.87. The molecule has 0 bridgehead atoms. The Hall–Kier alpha value is -3.25.